The molecule has 2 aromatic rings. The van der Waals surface area contributed by atoms with E-state index in [0.717, 1.165) is 0 Å². The van der Waals surface area contributed by atoms with Gasteiger partial charge in [0.2, 0.25) is 5.09 Å². The van der Waals surface area contributed by atoms with E-state index in [2.05, 4.69) is 5.32 Å². The van der Waals surface area contributed by atoms with Crippen LogP contribution in [0.4, 0.5) is 5.69 Å². The van der Waals surface area contributed by atoms with Crippen molar-refractivity contribution in [3.05, 3.63) is 46.7 Å². The van der Waals surface area contributed by atoms with Crippen molar-refractivity contribution in [3.8, 4) is 6.07 Å². The van der Waals surface area contributed by atoms with Gasteiger partial charge in [-0.2, -0.15) is 5.26 Å². The maximum atomic E-state index is 11.1. The summed E-state index contributed by atoms with van der Waals surface area (Å²) in [5.41, 5.74) is 1.06. The molecule has 0 atom stereocenters. The number of nitriles is 1. The van der Waals surface area contributed by atoms with Crippen LogP contribution >= 0.6 is 11.6 Å². The summed E-state index contributed by atoms with van der Waals surface area (Å²) in [5, 5.41) is 16.7. The number of primary sulfonamides is 1. The van der Waals surface area contributed by atoms with Crippen molar-refractivity contribution < 1.29 is 12.8 Å². The number of sulfonamides is 1. The predicted octanol–water partition coefficient (Wildman–Crippen LogP) is 2.06. The zero-order valence-electron chi connectivity index (χ0n) is 10.1. The Balaban J connectivity index is 2.10. The van der Waals surface area contributed by atoms with E-state index in [9.17, 15) is 8.42 Å². The van der Waals surface area contributed by atoms with E-state index in [1.165, 1.54) is 18.2 Å². The van der Waals surface area contributed by atoms with E-state index in [4.69, 9.17) is 26.4 Å². The lowest BCUT2D eigenvalue weighted by molar-refractivity contribution is 0.419. The van der Waals surface area contributed by atoms with Crippen LogP contribution < -0.4 is 10.5 Å². The van der Waals surface area contributed by atoms with E-state index >= 15 is 0 Å². The standard InChI is InChI=1S/C12H10ClN3O3S/c13-10-5-8(6-14)1-3-11(10)16-7-9-2-4-12(19-9)20(15,17)18/h1-5,16H,7H2,(H2,15,17,18). The minimum Gasteiger partial charge on any atom is -0.446 e. The van der Waals surface area contributed by atoms with Gasteiger partial charge in [-0.25, -0.2) is 13.6 Å². The molecule has 104 valence electrons. The molecule has 0 aliphatic rings. The van der Waals surface area contributed by atoms with Gasteiger partial charge in [0.1, 0.15) is 5.76 Å². The van der Waals surface area contributed by atoms with Crippen LogP contribution in [0.25, 0.3) is 0 Å². The third-order valence-electron chi connectivity index (χ3n) is 2.47. The molecule has 0 radical (unpaired) electrons. The van der Waals surface area contributed by atoms with E-state index < -0.39 is 10.0 Å². The van der Waals surface area contributed by atoms with Gasteiger partial charge >= 0.3 is 0 Å². The number of rotatable bonds is 4. The van der Waals surface area contributed by atoms with Crippen LogP contribution in [-0.2, 0) is 16.6 Å². The molecule has 0 bridgehead atoms. The van der Waals surface area contributed by atoms with Crippen molar-refractivity contribution in [3.63, 3.8) is 0 Å². The Morgan fingerprint density at radius 2 is 2.10 bits per heavy atom. The largest absolute Gasteiger partial charge is 0.446 e. The molecule has 0 aliphatic heterocycles. The monoisotopic (exact) mass is 311 g/mol. The Bertz CT molecular complexity index is 777. The number of nitrogens with zero attached hydrogens (tertiary/aromatic N) is 1. The number of nitrogens with one attached hydrogen (secondary N) is 1. The van der Waals surface area contributed by atoms with E-state index in [1.807, 2.05) is 6.07 Å². The number of hydrogen-bond acceptors (Lipinski definition) is 5. The van der Waals surface area contributed by atoms with Gasteiger partial charge in [-0.05, 0) is 30.3 Å². The molecule has 8 heteroatoms. The summed E-state index contributed by atoms with van der Waals surface area (Å²) in [6.07, 6.45) is 0. The van der Waals surface area contributed by atoms with Crippen molar-refractivity contribution in [2.24, 2.45) is 5.14 Å². The first-order chi connectivity index (χ1) is 9.40. The Morgan fingerprint density at radius 1 is 1.35 bits per heavy atom. The average molecular weight is 312 g/mol. The quantitative estimate of drug-likeness (QED) is 0.898. The Morgan fingerprint density at radius 3 is 2.65 bits per heavy atom. The van der Waals surface area contributed by atoms with Gasteiger partial charge < -0.3 is 9.73 Å². The molecule has 1 aromatic carbocycles. The first-order valence-electron chi connectivity index (χ1n) is 5.45. The molecule has 0 unspecified atom stereocenters. The zero-order valence-corrected chi connectivity index (χ0v) is 11.7. The summed E-state index contributed by atoms with van der Waals surface area (Å²) in [6, 6.07) is 9.57. The highest BCUT2D eigenvalue weighted by atomic mass is 35.5. The van der Waals surface area contributed by atoms with Crippen LogP contribution in [0.5, 0.6) is 0 Å². The Labute approximate surface area is 120 Å². The molecule has 0 fully saturated rings. The van der Waals surface area contributed by atoms with Crippen molar-refractivity contribution in [2.75, 3.05) is 5.32 Å². The molecule has 0 amide bonds. The summed E-state index contributed by atoms with van der Waals surface area (Å²) in [7, 11) is -3.84. The van der Waals surface area contributed by atoms with Crippen LogP contribution in [0.15, 0.2) is 39.8 Å². The summed E-state index contributed by atoms with van der Waals surface area (Å²) >= 11 is 5.99. The fraction of sp³-hybridized carbons (Fsp3) is 0.0833. The Kier molecular flexibility index (Phi) is 3.99. The highest BCUT2D eigenvalue weighted by molar-refractivity contribution is 7.89. The molecule has 2 rings (SSSR count). The molecule has 1 heterocycles. The number of nitrogens with two attached hydrogens (primary N) is 1. The average Bonchev–Trinajstić information content (AvgIpc) is 2.86. The predicted molar refractivity (Wildman–Crippen MR) is 73.6 cm³/mol. The van der Waals surface area contributed by atoms with Crippen LogP contribution in [0.1, 0.15) is 11.3 Å². The van der Waals surface area contributed by atoms with Crippen LogP contribution in [0.2, 0.25) is 5.02 Å². The minimum atomic E-state index is -3.84. The lowest BCUT2D eigenvalue weighted by Crippen LogP contribution is -2.10. The van der Waals surface area contributed by atoms with Gasteiger partial charge in [-0.3, -0.25) is 0 Å². The normalized spacial score (nSPS) is 11.1. The lowest BCUT2D eigenvalue weighted by Gasteiger charge is -2.06. The van der Waals surface area contributed by atoms with Gasteiger partial charge in [0.05, 0.1) is 28.9 Å². The van der Waals surface area contributed by atoms with Crippen LogP contribution in [0.3, 0.4) is 0 Å². The Hall–Kier alpha value is -2.01. The number of furan rings is 1. The molecule has 20 heavy (non-hydrogen) atoms. The number of benzene rings is 1. The van der Waals surface area contributed by atoms with Gasteiger partial charge in [0, 0.05) is 0 Å². The number of halogens is 1. The fourth-order valence-corrected chi connectivity index (χ4v) is 2.24. The summed E-state index contributed by atoms with van der Waals surface area (Å²) in [5.74, 6) is 0.398. The second-order valence-corrected chi connectivity index (χ2v) is 5.83. The molecule has 1 aromatic heterocycles. The van der Waals surface area contributed by atoms with E-state index in [0.29, 0.717) is 22.0 Å². The molecule has 0 saturated carbocycles. The zero-order chi connectivity index (χ0) is 14.8. The third-order valence-corrected chi connectivity index (χ3v) is 3.56. The molecule has 0 aliphatic carbocycles. The van der Waals surface area contributed by atoms with Gasteiger partial charge in [0.15, 0.2) is 0 Å². The fourth-order valence-electron chi connectivity index (χ4n) is 1.52. The summed E-state index contributed by atoms with van der Waals surface area (Å²) < 4.78 is 27.2. The van der Waals surface area contributed by atoms with Crippen molar-refractivity contribution in [1.82, 2.24) is 0 Å². The highest BCUT2D eigenvalue weighted by Crippen LogP contribution is 2.23. The number of hydrogen-bond donors (Lipinski definition) is 2. The molecular formula is C12H10ClN3O3S. The summed E-state index contributed by atoms with van der Waals surface area (Å²) in [4.78, 5) is 0. The van der Waals surface area contributed by atoms with Crippen molar-refractivity contribution >= 4 is 27.3 Å². The first-order valence-corrected chi connectivity index (χ1v) is 7.37. The van der Waals surface area contributed by atoms with Crippen molar-refractivity contribution in [1.29, 1.82) is 5.26 Å². The second-order valence-electron chi connectivity index (χ2n) is 3.93. The smallest absolute Gasteiger partial charge is 0.271 e. The molecule has 3 N–H and O–H groups in total. The molecule has 0 saturated heterocycles. The maximum Gasteiger partial charge on any atom is 0.271 e. The van der Waals surface area contributed by atoms with E-state index in [-0.39, 0.29) is 11.6 Å². The molecule has 0 spiro atoms. The van der Waals surface area contributed by atoms with Crippen LogP contribution in [-0.4, -0.2) is 8.42 Å². The second kappa shape index (κ2) is 5.54. The van der Waals surface area contributed by atoms with Crippen molar-refractivity contribution in [2.45, 2.75) is 11.6 Å². The van der Waals surface area contributed by atoms with Gasteiger partial charge in [0.25, 0.3) is 10.0 Å². The lowest BCUT2D eigenvalue weighted by atomic mass is 10.2. The highest BCUT2D eigenvalue weighted by Gasteiger charge is 2.13. The van der Waals surface area contributed by atoms with Gasteiger partial charge in [-0.1, -0.05) is 11.6 Å². The number of anilines is 1. The van der Waals surface area contributed by atoms with Crippen LogP contribution in [0, 0.1) is 11.3 Å². The van der Waals surface area contributed by atoms with E-state index in [1.54, 1.807) is 12.1 Å². The minimum absolute atomic E-state index is 0.237. The first kappa shape index (κ1) is 14.4. The topological polar surface area (TPSA) is 109 Å². The van der Waals surface area contributed by atoms with Gasteiger partial charge in [-0.15, -0.1) is 0 Å². The third kappa shape index (κ3) is 3.30. The molecule has 6 nitrogen and oxygen atoms in total. The maximum absolute atomic E-state index is 11.1. The molecular weight excluding hydrogens is 302 g/mol. The SMILES string of the molecule is N#Cc1ccc(NCc2ccc(S(N)(=O)=O)o2)c(Cl)c1. The summed E-state index contributed by atoms with van der Waals surface area (Å²) in [6.45, 7) is 0.237.